The molecule has 1 saturated carbocycles. The number of rotatable bonds is 6. The predicted molar refractivity (Wildman–Crippen MR) is 137 cm³/mol. The van der Waals surface area contributed by atoms with Gasteiger partial charge in [-0.05, 0) is 57.6 Å². The number of hydrogen-bond donors (Lipinski definition) is 2. The van der Waals surface area contributed by atoms with Crippen LogP contribution in [0.5, 0.6) is 0 Å². The highest BCUT2D eigenvalue weighted by Crippen LogP contribution is 2.30. The van der Waals surface area contributed by atoms with Crippen LogP contribution in [0, 0.1) is 26.7 Å². The van der Waals surface area contributed by atoms with Crippen LogP contribution < -0.4 is 21.1 Å². The van der Waals surface area contributed by atoms with Gasteiger partial charge < -0.3 is 15.5 Å². The molecule has 1 aliphatic heterocycles. The highest BCUT2D eigenvalue weighted by atomic mass is 32.1. The average Bonchev–Trinajstić information content (AvgIpc) is 3.52. The molecule has 1 aromatic carbocycles. The van der Waals surface area contributed by atoms with Crippen molar-refractivity contribution in [2.24, 2.45) is 5.92 Å². The van der Waals surface area contributed by atoms with Gasteiger partial charge in [-0.15, -0.1) is 0 Å². The fourth-order valence-electron chi connectivity index (χ4n) is 4.71. The second-order valence-electron chi connectivity index (χ2n) is 9.72. The van der Waals surface area contributed by atoms with E-state index in [0.29, 0.717) is 28.1 Å². The number of aromatic nitrogens is 3. The van der Waals surface area contributed by atoms with Gasteiger partial charge in [0.15, 0.2) is 10.8 Å². The summed E-state index contributed by atoms with van der Waals surface area (Å²) in [5.41, 5.74) is 3.96. The molecule has 5 rings (SSSR count). The van der Waals surface area contributed by atoms with Gasteiger partial charge in [0.25, 0.3) is 5.56 Å². The molecule has 1 atom stereocenters. The van der Waals surface area contributed by atoms with Gasteiger partial charge in [0, 0.05) is 24.8 Å². The monoisotopic (exact) mass is 494 g/mol. The number of nitrogens with zero attached hydrogens (tertiary/aromatic N) is 4. The molecule has 3 aromatic rings. The third kappa shape index (κ3) is 5.07. The number of aryl methyl sites for hydroxylation is 3. The van der Waals surface area contributed by atoms with E-state index in [1.807, 2.05) is 32.9 Å². The number of amides is 2. The van der Waals surface area contributed by atoms with Crippen molar-refractivity contribution in [2.45, 2.75) is 59.0 Å². The van der Waals surface area contributed by atoms with Gasteiger partial charge >= 0.3 is 0 Å². The summed E-state index contributed by atoms with van der Waals surface area (Å²) < 4.78 is 1.74. The van der Waals surface area contributed by atoms with Crippen molar-refractivity contribution in [1.82, 2.24) is 19.9 Å². The fourth-order valence-corrected chi connectivity index (χ4v) is 5.71. The molecule has 2 fully saturated rings. The van der Waals surface area contributed by atoms with Crippen LogP contribution in [0.4, 0.5) is 10.8 Å². The minimum atomic E-state index is -0.286. The number of benzene rings is 1. The van der Waals surface area contributed by atoms with E-state index in [-0.39, 0.29) is 29.8 Å². The SMILES string of the molecule is Cc1cc(C)c(NC(=O)Cn2cnc3nc(N4CCC[C@@H](C(=O)NC5CC5)C4)sc3c2=O)c(C)c1. The maximum Gasteiger partial charge on any atom is 0.273 e. The average molecular weight is 495 g/mol. The fraction of sp³-hybridized carbons (Fsp3) is 0.480. The van der Waals surface area contributed by atoms with Crippen LogP contribution in [0.3, 0.4) is 0 Å². The van der Waals surface area contributed by atoms with Gasteiger partial charge in [-0.25, -0.2) is 4.98 Å². The van der Waals surface area contributed by atoms with Gasteiger partial charge in [0.1, 0.15) is 17.6 Å². The van der Waals surface area contributed by atoms with E-state index in [9.17, 15) is 14.4 Å². The van der Waals surface area contributed by atoms with Gasteiger partial charge in [0.2, 0.25) is 11.8 Å². The Balaban J connectivity index is 1.31. The molecule has 184 valence electrons. The number of carbonyl (C=O) groups is 2. The van der Waals surface area contributed by atoms with Crippen LogP contribution in [-0.2, 0) is 16.1 Å². The first-order chi connectivity index (χ1) is 16.8. The van der Waals surface area contributed by atoms with Crippen LogP contribution >= 0.6 is 11.3 Å². The number of fused-ring (bicyclic) bond motifs is 1. The lowest BCUT2D eigenvalue weighted by Gasteiger charge is -2.31. The van der Waals surface area contributed by atoms with E-state index in [1.165, 1.54) is 22.2 Å². The summed E-state index contributed by atoms with van der Waals surface area (Å²) in [5.74, 6) is -0.240. The Morgan fingerprint density at radius 2 is 1.89 bits per heavy atom. The number of piperidine rings is 1. The van der Waals surface area contributed by atoms with Crippen LogP contribution in [-0.4, -0.2) is 45.5 Å². The van der Waals surface area contributed by atoms with E-state index in [1.54, 1.807) is 0 Å². The lowest BCUT2D eigenvalue weighted by Crippen LogP contribution is -2.43. The van der Waals surface area contributed by atoms with E-state index in [4.69, 9.17) is 0 Å². The molecule has 2 aromatic heterocycles. The molecule has 3 heterocycles. The maximum absolute atomic E-state index is 13.1. The number of anilines is 2. The topological polar surface area (TPSA) is 109 Å². The molecular formula is C25H30N6O3S. The minimum absolute atomic E-state index is 0.0710. The summed E-state index contributed by atoms with van der Waals surface area (Å²) in [4.78, 5) is 49.4. The maximum atomic E-state index is 13.1. The molecule has 10 heteroatoms. The first kappa shape index (κ1) is 23.5. The standard InChI is InChI=1S/C25H30N6O3S/c1-14-9-15(2)20(16(3)10-14)28-19(32)12-31-13-26-22-21(24(31)34)35-25(29-22)30-8-4-5-17(11-30)23(33)27-18-6-7-18/h9-10,13,17-18H,4-8,11-12H2,1-3H3,(H,27,33)(H,28,32)/t17-/m1/s1. The Labute approximate surface area is 207 Å². The lowest BCUT2D eigenvalue weighted by atomic mass is 9.97. The molecule has 0 spiro atoms. The molecule has 2 aliphatic rings. The summed E-state index contributed by atoms with van der Waals surface area (Å²) >= 11 is 1.28. The van der Waals surface area contributed by atoms with Gasteiger partial charge in [-0.3, -0.25) is 19.0 Å². The van der Waals surface area contributed by atoms with Crippen molar-refractivity contribution in [2.75, 3.05) is 23.3 Å². The zero-order valence-corrected chi connectivity index (χ0v) is 21.1. The van der Waals surface area contributed by atoms with Gasteiger partial charge in [-0.1, -0.05) is 29.0 Å². The summed E-state index contributed by atoms with van der Waals surface area (Å²) in [6, 6.07) is 4.38. The van der Waals surface area contributed by atoms with Crippen molar-refractivity contribution in [3.05, 3.63) is 45.5 Å². The molecular weight excluding hydrogens is 464 g/mol. The molecule has 9 nitrogen and oxygen atoms in total. The van der Waals surface area contributed by atoms with Crippen molar-refractivity contribution < 1.29 is 9.59 Å². The molecule has 0 unspecified atom stereocenters. The highest BCUT2D eigenvalue weighted by Gasteiger charge is 2.31. The van der Waals surface area contributed by atoms with Crippen molar-refractivity contribution in [1.29, 1.82) is 0 Å². The smallest absolute Gasteiger partial charge is 0.273 e. The summed E-state index contributed by atoms with van der Waals surface area (Å²) in [6.45, 7) is 7.17. The Hall–Kier alpha value is -3.27. The first-order valence-electron chi connectivity index (χ1n) is 12.1. The van der Waals surface area contributed by atoms with Crippen LogP contribution in [0.25, 0.3) is 10.3 Å². The Morgan fingerprint density at radius 1 is 1.14 bits per heavy atom. The molecule has 1 aliphatic carbocycles. The third-order valence-corrected chi connectivity index (χ3v) is 7.71. The normalized spacial score (nSPS) is 18.0. The summed E-state index contributed by atoms with van der Waals surface area (Å²) in [7, 11) is 0. The number of nitrogens with one attached hydrogen (secondary N) is 2. The van der Waals surface area contributed by atoms with Crippen LogP contribution in [0.2, 0.25) is 0 Å². The molecule has 2 amide bonds. The molecule has 35 heavy (non-hydrogen) atoms. The highest BCUT2D eigenvalue weighted by molar-refractivity contribution is 7.22. The third-order valence-electron chi connectivity index (χ3n) is 6.61. The Morgan fingerprint density at radius 3 is 2.60 bits per heavy atom. The van der Waals surface area contributed by atoms with E-state index in [0.717, 1.165) is 54.6 Å². The minimum Gasteiger partial charge on any atom is -0.353 e. The first-order valence-corrected chi connectivity index (χ1v) is 12.9. The largest absolute Gasteiger partial charge is 0.353 e. The number of hydrogen-bond acceptors (Lipinski definition) is 7. The number of thiazole rings is 1. The van der Waals surface area contributed by atoms with E-state index < -0.39 is 0 Å². The second-order valence-corrected chi connectivity index (χ2v) is 10.7. The number of carbonyl (C=O) groups excluding carboxylic acids is 2. The predicted octanol–water partition coefficient (Wildman–Crippen LogP) is 2.91. The second kappa shape index (κ2) is 9.41. The van der Waals surface area contributed by atoms with E-state index >= 15 is 0 Å². The zero-order chi connectivity index (χ0) is 24.7. The van der Waals surface area contributed by atoms with Gasteiger partial charge in [-0.2, -0.15) is 4.98 Å². The quantitative estimate of drug-likeness (QED) is 0.545. The Bertz CT molecular complexity index is 1340. The summed E-state index contributed by atoms with van der Waals surface area (Å²) in [5, 5.41) is 6.73. The zero-order valence-electron chi connectivity index (χ0n) is 20.3. The lowest BCUT2D eigenvalue weighted by molar-refractivity contribution is -0.125. The van der Waals surface area contributed by atoms with Crippen LogP contribution in [0.1, 0.15) is 42.4 Å². The summed E-state index contributed by atoms with van der Waals surface area (Å²) in [6.07, 6.45) is 5.28. The van der Waals surface area contributed by atoms with Crippen molar-refractivity contribution in [3.63, 3.8) is 0 Å². The van der Waals surface area contributed by atoms with Crippen molar-refractivity contribution >= 4 is 44.3 Å². The van der Waals surface area contributed by atoms with Crippen LogP contribution in [0.15, 0.2) is 23.3 Å². The molecule has 2 N–H and O–H groups in total. The molecule has 0 radical (unpaired) electrons. The van der Waals surface area contributed by atoms with Crippen molar-refractivity contribution in [3.8, 4) is 0 Å². The molecule has 1 saturated heterocycles. The molecule has 0 bridgehead atoms. The van der Waals surface area contributed by atoms with Gasteiger partial charge in [0.05, 0.1) is 5.92 Å². The Kier molecular flexibility index (Phi) is 6.31. The van der Waals surface area contributed by atoms with E-state index in [2.05, 4.69) is 25.5 Å².